The van der Waals surface area contributed by atoms with Crippen molar-refractivity contribution in [3.05, 3.63) is 14.5 Å². The topological polar surface area (TPSA) is 56.3 Å². The molecule has 2 atom stereocenters. The van der Waals surface area contributed by atoms with E-state index in [-0.39, 0.29) is 11.8 Å². The number of aryl methyl sites for hydroxylation is 1. The summed E-state index contributed by atoms with van der Waals surface area (Å²) in [7, 11) is 0. The smallest absolute Gasteiger partial charge is 0.227 e. The van der Waals surface area contributed by atoms with Gasteiger partial charge in [0.2, 0.25) is 5.91 Å². The molecule has 2 unspecified atom stereocenters. The molecular weight excluding hydrogens is 268 g/mol. The van der Waals surface area contributed by atoms with Crippen LogP contribution in [0, 0.1) is 16.8 Å². The molecule has 1 aromatic heterocycles. The first-order valence-corrected chi connectivity index (χ1v) is 7.34. The summed E-state index contributed by atoms with van der Waals surface area (Å²) in [6.07, 6.45) is 0.854. The zero-order valence-corrected chi connectivity index (χ0v) is 12.2. The van der Waals surface area contributed by atoms with Crippen molar-refractivity contribution in [1.82, 2.24) is 9.88 Å². The van der Waals surface area contributed by atoms with Crippen LogP contribution in [0.1, 0.15) is 23.9 Å². The van der Waals surface area contributed by atoms with Gasteiger partial charge in [0.15, 0.2) is 3.95 Å². The quantitative estimate of drug-likeness (QED) is 0.816. The Balaban J connectivity index is 2.00. The van der Waals surface area contributed by atoms with Gasteiger partial charge in [-0.2, -0.15) is 0 Å². The lowest BCUT2D eigenvalue weighted by molar-refractivity contribution is -0.134. The molecule has 1 saturated heterocycles. The number of hydrogen-bond donors (Lipinski definition) is 2. The van der Waals surface area contributed by atoms with Crippen molar-refractivity contribution in [2.45, 2.75) is 32.8 Å². The van der Waals surface area contributed by atoms with Gasteiger partial charge in [-0.25, -0.2) is 0 Å². The van der Waals surface area contributed by atoms with E-state index < -0.39 is 6.10 Å². The molecule has 1 fully saturated rings. The van der Waals surface area contributed by atoms with Crippen molar-refractivity contribution in [3.8, 4) is 0 Å². The van der Waals surface area contributed by atoms with E-state index in [0.29, 0.717) is 16.9 Å². The van der Waals surface area contributed by atoms with Crippen LogP contribution in [0.15, 0.2) is 0 Å². The molecule has 4 nitrogen and oxygen atoms in total. The highest BCUT2D eigenvalue weighted by Gasteiger charge is 2.27. The standard InChI is InChI=1S/C12H18N2O2S2/c1-7-3-4-14(6-9(7)15)11(16)5-10-8(2)13-12(17)18-10/h7,9,15H,3-6H2,1-2H3,(H,13,17). The summed E-state index contributed by atoms with van der Waals surface area (Å²) in [6.45, 7) is 5.15. The monoisotopic (exact) mass is 286 g/mol. The number of aliphatic hydroxyl groups is 1. The van der Waals surface area contributed by atoms with Crippen LogP contribution < -0.4 is 0 Å². The number of piperidine rings is 1. The number of amides is 1. The number of nitrogens with zero attached hydrogens (tertiary/aromatic N) is 1. The second kappa shape index (κ2) is 5.50. The molecule has 0 bridgehead atoms. The van der Waals surface area contributed by atoms with Crippen molar-refractivity contribution >= 4 is 29.5 Å². The van der Waals surface area contributed by atoms with Gasteiger partial charge in [0.25, 0.3) is 0 Å². The number of aromatic amines is 1. The van der Waals surface area contributed by atoms with Crippen molar-refractivity contribution in [2.24, 2.45) is 5.92 Å². The first kappa shape index (κ1) is 13.7. The lowest BCUT2D eigenvalue weighted by atomic mass is 9.96. The second-order valence-corrected chi connectivity index (χ2v) is 6.68. The predicted octanol–water partition coefficient (Wildman–Crippen LogP) is 1.89. The number of rotatable bonds is 2. The van der Waals surface area contributed by atoms with E-state index in [4.69, 9.17) is 12.2 Å². The zero-order valence-electron chi connectivity index (χ0n) is 10.6. The highest BCUT2D eigenvalue weighted by atomic mass is 32.1. The maximum Gasteiger partial charge on any atom is 0.227 e. The van der Waals surface area contributed by atoms with Crippen molar-refractivity contribution in [2.75, 3.05) is 13.1 Å². The minimum atomic E-state index is -0.395. The molecule has 18 heavy (non-hydrogen) atoms. The van der Waals surface area contributed by atoms with Gasteiger partial charge >= 0.3 is 0 Å². The molecule has 0 aromatic carbocycles. The average Bonchev–Trinajstić information content (AvgIpc) is 2.61. The van der Waals surface area contributed by atoms with Gasteiger partial charge < -0.3 is 15.0 Å². The third-order valence-electron chi connectivity index (χ3n) is 3.51. The molecule has 2 heterocycles. The van der Waals surface area contributed by atoms with Crippen molar-refractivity contribution in [1.29, 1.82) is 0 Å². The van der Waals surface area contributed by atoms with E-state index in [2.05, 4.69) is 4.98 Å². The van der Waals surface area contributed by atoms with Crippen LogP contribution >= 0.6 is 23.6 Å². The number of nitrogens with one attached hydrogen (secondary N) is 1. The van der Waals surface area contributed by atoms with Gasteiger partial charge in [0.1, 0.15) is 0 Å². The molecule has 0 radical (unpaired) electrons. The van der Waals surface area contributed by atoms with Gasteiger partial charge in [-0.15, -0.1) is 11.3 Å². The number of hydrogen-bond acceptors (Lipinski definition) is 4. The summed E-state index contributed by atoms with van der Waals surface area (Å²) in [5, 5.41) is 9.81. The Hall–Kier alpha value is -0.720. The summed E-state index contributed by atoms with van der Waals surface area (Å²) in [5.41, 5.74) is 0.976. The Bertz CT molecular complexity index is 495. The number of thiazole rings is 1. The molecule has 6 heteroatoms. The third-order valence-corrected chi connectivity index (χ3v) is 4.84. The summed E-state index contributed by atoms with van der Waals surface area (Å²) in [4.78, 5) is 18.0. The normalized spacial score (nSPS) is 24.3. The number of carbonyl (C=O) groups is 1. The van der Waals surface area contributed by atoms with Crippen LogP contribution in [-0.2, 0) is 11.2 Å². The second-order valence-electron chi connectivity index (χ2n) is 4.91. The lowest BCUT2D eigenvalue weighted by Crippen LogP contribution is -2.46. The van der Waals surface area contributed by atoms with Crippen molar-refractivity contribution < 1.29 is 9.90 Å². The molecule has 1 aliphatic rings. The summed E-state index contributed by atoms with van der Waals surface area (Å²) < 4.78 is 0.711. The van der Waals surface area contributed by atoms with Gasteiger partial charge in [-0.3, -0.25) is 4.79 Å². The highest BCUT2D eigenvalue weighted by molar-refractivity contribution is 7.73. The number of aromatic nitrogens is 1. The van der Waals surface area contributed by atoms with E-state index in [0.717, 1.165) is 23.5 Å². The molecule has 2 N–H and O–H groups in total. The van der Waals surface area contributed by atoms with E-state index >= 15 is 0 Å². The lowest BCUT2D eigenvalue weighted by Gasteiger charge is -2.34. The van der Waals surface area contributed by atoms with Gasteiger partial charge in [-0.05, 0) is 31.5 Å². The van der Waals surface area contributed by atoms with Gasteiger partial charge in [0, 0.05) is 23.7 Å². The molecule has 100 valence electrons. The number of likely N-dealkylation sites (tertiary alicyclic amines) is 1. The minimum Gasteiger partial charge on any atom is -0.391 e. The average molecular weight is 286 g/mol. The highest BCUT2D eigenvalue weighted by Crippen LogP contribution is 2.20. The van der Waals surface area contributed by atoms with Crippen LogP contribution in [-0.4, -0.2) is 40.1 Å². The number of H-pyrrole nitrogens is 1. The Labute approximate surface area is 116 Å². The predicted molar refractivity (Wildman–Crippen MR) is 74.3 cm³/mol. The molecule has 0 saturated carbocycles. The maximum absolute atomic E-state index is 12.2. The van der Waals surface area contributed by atoms with E-state index in [1.54, 1.807) is 4.90 Å². The molecule has 1 amide bonds. The van der Waals surface area contributed by atoms with Gasteiger partial charge in [-0.1, -0.05) is 6.92 Å². The summed E-state index contributed by atoms with van der Waals surface area (Å²) >= 11 is 6.52. The minimum absolute atomic E-state index is 0.0781. The summed E-state index contributed by atoms with van der Waals surface area (Å²) in [6, 6.07) is 0. The molecule has 2 rings (SSSR count). The number of β-amino-alcohol motifs (C(OH)–C–C–N with tert-alkyl or cyclic N) is 1. The van der Waals surface area contributed by atoms with Crippen LogP contribution in [0.3, 0.4) is 0 Å². The Kier molecular flexibility index (Phi) is 4.19. The molecule has 0 spiro atoms. The molecular formula is C12H18N2O2S2. The van der Waals surface area contributed by atoms with Crippen molar-refractivity contribution in [3.63, 3.8) is 0 Å². The van der Waals surface area contributed by atoms with E-state index in [9.17, 15) is 9.90 Å². The Morgan fingerprint density at radius 3 is 2.94 bits per heavy atom. The Morgan fingerprint density at radius 1 is 1.67 bits per heavy atom. The SMILES string of the molecule is Cc1[nH]c(=S)sc1CC(=O)N1CCC(C)C(O)C1. The fourth-order valence-electron chi connectivity index (χ4n) is 2.13. The molecule has 1 aliphatic heterocycles. The maximum atomic E-state index is 12.2. The van der Waals surface area contributed by atoms with Crippen LogP contribution in [0.25, 0.3) is 0 Å². The number of carbonyl (C=O) groups excluding carboxylic acids is 1. The van der Waals surface area contributed by atoms with Gasteiger partial charge in [0.05, 0.1) is 12.5 Å². The Morgan fingerprint density at radius 2 is 2.39 bits per heavy atom. The van der Waals surface area contributed by atoms with Crippen LogP contribution in [0.4, 0.5) is 0 Å². The fourth-order valence-corrected chi connectivity index (χ4v) is 3.41. The number of aliphatic hydroxyl groups excluding tert-OH is 1. The third kappa shape index (κ3) is 2.99. The largest absolute Gasteiger partial charge is 0.391 e. The molecule has 1 aromatic rings. The fraction of sp³-hybridized carbons (Fsp3) is 0.667. The molecule has 0 aliphatic carbocycles. The van der Waals surface area contributed by atoms with E-state index in [1.807, 2.05) is 13.8 Å². The first-order valence-electron chi connectivity index (χ1n) is 6.12. The van der Waals surface area contributed by atoms with Crippen LogP contribution in [0.5, 0.6) is 0 Å². The summed E-state index contributed by atoms with van der Waals surface area (Å²) in [5.74, 6) is 0.361. The van der Waals surface area contributed by atoms with E-state index in [1.165, 1.54) is 11.3 Å². The first-order chi connectivity index (χ1) is 8.47. The van der Waals surface area contributed by atoms with Crippen LogP contribution in [0.2, 0.25) is 0 Å². The zero-order chi connectivity index (χ0) is 13.3.